The van der Waals surface area contributed by atoms with E-state index in [-0.39, 0.29) is 0 Å². The average Bonchev–Trinajstić information content (AvgIpc) is 2.65. The lowest BCUT2D eigenvalue weighted by Crippen LogP contribution is -2.38. The Balaban J connectivity index is 2.00. The second-order valence-corrected chi connectivity index (χ2v) is 3.83. The average molecular weight is 200 g/mol. The van der Waals surface area contributed by atoms with Gasteiger partial charge >= 0.3 is 0 Å². The fraction of sp³-hybridized carbons (Fsp3) is 1.00. The van der Waals surface area contributed by atoms with Gasteiger partial charge in [0.1, 0.15) is 0 Å². The van der Waals surface area contributed by atoms with Crippen LogP contribution in [0.15, 0.2) is 0 Å². The Morgan fingerprint density at radius 3 is 3.00 bits per heavy atom. The molecule has 0 aliphatic carbocycles. The number of likely N-dealkylation sites (N-methyl/N-ethyl adjacent to an activating group) is 1. The number of rotatable bonds is 7. The molecule has 0 aromatic rings. The first-order chi connectivity index (χ1) is 6.88. The highest BCUT2D eigenvalue weighted by atomic mass is 16.5. The fourth-order valence-corrected chi connectivity index (χ4v) is 2.10. The van der Waals surface area contributed by atoms with Crippen LogP contribution in [-0.2, 0) is 4.74 Å². The van der Waals surface area contributed by atoms with E-state index >= 15 is 0 Å². The minimum atomic E-state index is 0.765. The summed E-state index contributed by atoms with van der Waals surface area (Å²) in [5.74, 6) is 0. The predicted molar refractivity (Wildman–Crippen MR) is 59.6 cm³/mol. The number of hydrogen-bond acceptors (Lipinski definition) is 3. The van der Waals surface area contributed by atoms with Gasteiger partial charge in [-0.1, -0.05) is 6.92 Å². The van der Waals surface area contributed by atoms with Gasteiger partial charge in [-0.2, -0.15) is 0 Å². The molecule has 0 saturated carbocycles. The van der Waals surface area contributed by atoms with Crippen molar-refractivity contribution in [2.75, 3.05) is 39.4 Å². The first-order valence-electron chi connectivity index (χ1n) is 5.91. The van der Waals surface area contributed by atoms with E-state index in [1.807, 2.05) is 6.92 Å². The van der Waals surface area contributed by atoms with Crippen LogP contribution in [0.25, 0.3) is 0 Å². The van der Waals surface area contributed by atoms with Gasteiger partial charge in [-0.25, -0.2) is 0 Å². The van der Waals surface area contributed by atoms with Crippen molar-refractivity contribution in [2.24, 2.45) is 0 Å². The van der Waals surface area contributed by atoms with Crippen molar-refractivity contribution >= 4 is 0 Å². The molecule has 1 aliphatic heterocycles. The number of nitrogens with zero attached hydrogens (tertiary/aromatic N) is 1. The Labute approximate surface area is 87.8 Å². The van der Waals surface area contributed by atoms with Crippen LogP contribution in [0.3, 0.4) is 0 Å². The van der Waals surface area contributed by atoms with Crippen LogP contribution >= 0.6 is 0 Å². The second kappa shape index (κ2) is 7.21. The van der Waals surface area contributed by atoms with Crippen molar-refractivity contribution < 1.29 is 4.74 Å². The third-order valence-corrected chi connectivity index (χ3v) is 2.91. The summed E-state index contributed by atoms with van der Waals surface area (Å²) in [7, 11) is 0. The van der Waals surface area contributed by atoms with Crippen molar-refractivity contribution in [2.45, 2.75) is 32.7 Å². The zero-order chi connectivity index (χ0) is 10.2. The number of hydrogen-bond donors (Lipinski definition) is 1. The monoisotopic (exact) mass is 200 g/mol. The van der Waals surface area contributed by atoms with Gasteiger partial charge in [-0.15, -0.1) is 0 Å². The van der Waals surface area contributed by atoms with E-state index in [0.29, 0.717) is 0 Å². The molecule has 1 atom stereocenters. The molecule has 1 aliphatic rings. The Hall–Kier alpha value is -0.120. The van der Waals surface area contributed by atoms with Gasteiger partial charge in [0.05, 0.1) is 6.61 Å². The molecular weight excluding hydrogens is 176 g/mol. The molecule has 1 heterocycles. The quantitative estimate of drug-likeness (QED) is 0.623. The fourth-order valence-electron chi connectivity index (χ4n) is 2.10. The van der Waals surface area contributed by atoms with E-state index in [4.69, 9.17) is 4.74 Å². The summed E-state index contributed by atoms with van der Waals surface area (Å²) in [6, 6.07) is 0.765. The molecule has 0 aromatic heterocycles. The first-order valence-corrected chi connectivity index (χ1v) is 5.91. The SMILES string of the molecule is CCOCCNC[C@@H]1CCCN1CC. The van der Waals surface area contributed by atoms with Gasteiger partial charge in [0.25, 0.3) is 0 Å². The minimum Gasteiger partial charge on any atom is -0.380 e. The van der Waals surface area contributed by atoms with Crippen molar-refractivity contribution in [1.82, 2.24) is 10.2 Å². The summed E-state index contributed by atoms with van der Waals surface area (Å²) in [6.07, 6.45) is 2.72. The summed E-state index contributed by atoms with van der Waals surface area (Å²) in [6.45, 7) is 10.5. The molecule has 0 radical (unpaired) electrons. The summed E-state index contributed by atoms with van der Waals surface area (Å²) >= 11 is 0. The molecule has 1 fully saturated rings. The number of nitrogens with one attached hydrogen (secondary N) is 1. The molecule has 0 aromatic carbocycles. The van der Waals surface area contributed by atoms with Crippen molar-refractivity contribution in [3.8, 4) is 0 Å². The summed E-state index contributed by atoms with van der Waals surface area (Å²) in [5.41, 5.74) is 0. The topological polar surface area (TPSA) is 24.5 Å². The van der Waals surface area contributed by atoms with Crippen LogP contribution < -0.4 is 5.32 Å². The molecule has 0 bridgehead atoms. The van der Waals surface area contributed by atoms with Crippen LogP contribution in [0, 0.1) is 0 Å². The van der Waals surface area contributed by atoms with Crippen LogP contribution in [0.1, 0.15) is 26.7 Å². The lowest BCUT2D eigenvalue weighted by molar-refractivity contribution is 0.147. The molecule has 14 heavy (non-hydrogen) atoms. The highest BCUT2D eigenvalue weighted by Crippen LogP contribution is 2.15. The van der Waals surface area contributed by atoms with Gasteiger partial charge in [0.2, 0.25) is 0 Å². The normalized spacial score (nSPS) is 23.1. The lowest BCUT2D eigenvalue weighted by atomic mass is 10.2. The summed E-state index contributed by atoms with van der Waals surface area (Å²) < 4.78 is 5.28. The Morgan fingerprint density at radius 1 is 1.43 bits per heavy atom. The molecule has 1 saturated heterocycles. The number of likely N-dealkylation sites (tertiary alicyclic amines) is 1. The molecule has 84 valence electrons. The standard InChI is InChI=1S/C11H24N2O/c1-3-13-8-5-6-11(13)10-12-7-9-14-4-2/h11-12H,3-10H2,1-2H3/t11-/m0/s1. The van der Waals surface area contributed by atoms with Crippen molar-refractivity contribution in [1.29, 1.82) is 0 Å². The largest absolute Gasteiger partial charge is 0.380 e. The minimum absolute atomic E-state index is 0.765. The smallest absolute Gasteiger partial charge is 0.0590 e. The highest BCUT2D eigenvalue weighted by molar-refractivity contribution is 4.79. The van der Waals surface area contributed by atoms with E-state index in [1.54, 1.807) is 0 Å². The van der Waals surface area contributed by atoms with Gasteiger partial charge in [0, 0.05) is 25.7 Å². The van der Waals surface area contributed by atoms with E-state index < -0.39 is 0 Å². The third kappa shape index (κ3) is 3.95. The van der Waals surface area contributed by atoms with Crippen molar-refractivity contribution in [3.63, 3.8) is 0 Å². The molecule has 3 nitrogen and oxygen atoms in total. The predicted octanol–water partition coefficient (Wildman–Crippen LogP) is 1.10. The third-order valence-electron chi connectivity index (χ3n) is 2.91. The lowest BCUT2D eigenvalue weighted by Gasteiger charge is -2.22. The zero-order valence-electron chi connectivity index (χ0n) is 9.59. The maximum Gasteiger partial charge on any atom is 0.0590 e. The van der Waals surface area contributed by atoms with Crippen LogP contribution in [0.4, 0.5) is 0 Å². The summed E-state index contributed by atoms with van der Waals surface area (Å²) in [4.78, 5) is 2.56. The van der Waals surface area contributed by atoms with Gasteiger partial charge in [0.15, 0.2) is 0 Å². The van der Waals surface area contributed by atoms with E-state index in [9.17, 15) is 0 Å². The van der Waals surface area contributed by atoms with Crippen molar-refractivity contribution in [3.05, 3.63) is 0 Å². The maximum atomic E-state index is 5.28. The first kappa shape index (κ1) is 12.0. The van der Waals surface area contributed by atoms with E-state index in [0.717, 1.165) is 32.3 Å². The second-order valence-electron chi connectivity index (χ2n) is 3.83. The molecule has 0 amide bonds. The van der Waals surface area contributed by atoms with Crippen LogP contribution in [-0.4, -0.2) is 50.3 Å². The Morgan fingerprint density at radius 2 is 2.29 bits per heavy atom. The molecular formula is C11H24N2O. The molecule has 0 spiro atoms. The van der Waals surface area contributed by atoms with Crippen LogP contribution in [0.5, 0.6) is 0 Å². The van der Waals surface area contributed by atoms with Gasteiger partial charge in [-0.05, 0) is 32.9 Å². The Kier molecular flexibility index (Phi) is 6.15. The van der Waals surface area contributed by atoms with Crippen LogP contribution in [0.2, 0.25) is 0 Å². The molecule has 0 unspecified atom stereocenters. The molecule has 1 rings (SSSR count). The summed E-state index contributed by atoms with van der Waals surface area (Å²) in [5, 5.41) is 3.46. The Bertz CT molecular complexity index is 141. The molecule has 3 heteroatoms. The van der Waals surface area contributed by atoms with E-state index in [1.165, 1.54) is 25.9 Å². The zero-order valence-corrected chi connectivity index (χ0v) is 9.59. The van der Waals surface area contributed by atoms with Gasteiger partial charge in [-0.3, -0.25) is 4.90 Å². The maximum absolute atomic E-state index is 5.28. The highest BCUT2D eigenvalue weighted by Gasteiger charge is 2.21. The van der Waals surface area contributed by atoms with E-state index in [2.05, 4.69) is 17.1 Å². The van der Waals surface area contributed by atoms with Gasteiger partial charge < -0.3 is 10.1 Å². The molecule has 1 N–H and O–H groups in total. The number of ether oxygens (including phenoxy) is 1.